The van der Waals surface area contributed by atoms with Gasteiger partial charge in [-0.1, -0.05) is 12.1 Å². The number of carbonyl (C=O) groups excluding carboxylic acids is 2. The van der Waals surface area contributed by atoms with Crippen LogP contribution in [0.1, 0.15) is 10.6 Å². The van der Waals surface area contributed by atoms with Crippen molar-refractivity contribution in [3.63, 3.8) is 0 Å². The van der Waals surface area contributed by atoms with Gasteiger partial charge in [0.25, 0.3) is 5.91 Å². The van der Waals surface area contributed by atoms with Gasteiger partial charge < -0.3 is 19.0 Å². The van der Waals surface area contributed by atoms with Crippen LogP contribution in [0.5, 0.6) is 0 Å². The Hall–Kier alpha value is -2.35. The van der Waals surface area contributed by atoms with E-state index in [4.69, 9.17) is 9.15 Å². The summed E-state index contributed by atoms with van der Waals surface area (Å²) in [5.74, 6) is -1.22. The van der Waals surface area contributed by atoms with Crippen LogP contribution in [0.25, 0.3) is 0 Å². The van der Waals surface area contributed by atoms with E-state index in [0.29, 0.717) is 36.5 Å². The maximum Gasteiger partial charge on any atom is 0.374 e. The Morgan fingerprint density at radius 1 is 1.12 bits per heavy atom. The van der Waals surface area contributed by atoms with Crippen LogP contribution in [0.3, 0.4) is 0 Å². The zero-order valence-electron chi connectivity index (χ0n) is 13.3. The first kappa shape index (κ1) is 17.5. The molecule has 1 aromatic heterocycles. The minimum absolute atomic E-state index is 0.0315. The summed E-state index contributed by atoms with van der Waals surface area (Å²) in [7, 11) is 0. The molecular weight excluding hydrogens is 395 g/mol. The van der Waals surface area contributed by atoms with E-state index < -0.39 is 5.97 Å². The Morgan fingerprint density at radius 2 is 1.84 bits per heavy atom. The Morgan fingerprint density at radius 3 is 2.48 bits per heavy atom. The van der Waals surface area contributed by atoms with Crippen LogP contribution in [-0.2, 0) is 9.53 Å². The minimum atomic E-state index is -0.691. The van der Waals surface area contributed by atoms with E-state index in [9.17, 15) is 14.0 Å². The number of ether oxygens (including phenoxy) is 1. The fraction of sp³-hybridized carbons (Fsp3) is 0.294. The summed E-state index contributed by atoms with van der Waals surface area (Å²) in [5, 5.41) is 0. The van der Waals surface area contributed by atoms with E-state index in [1.807, 2.05) is 4.90 Å². The lowest BCUT2D eigenvalue weighted by atomic mass is 10.2. The van der Waals surface area contributed by atoms with Gasteiger partial charge in [-0.25, -0.2) is 9.18 Å². The number of hydrogen-bond donors (Lipinski definition) is 0. The van der Waals surface area contributed by atoms with Crippen LogP contribution in [0.4, 0.5) is 10.1 Å². The SMILES string of the molecule is O=C(OCC(=O)N1CCN(c2ccccc2F)CC1)c1ccc(Br)o1. The molecule has 25 heavy (non-hydrogen) atoms. The van der Waals surface area contributed by atoms with E-state index in [1.165, 1.54) is 12.1 Å². The lowest BCUT2D eigenvalue weighted by Crippen LogP contribution is -2.50. The minimum Gasteiger partial charge on any atom is -0.450 e. The first-order valence-electron chi connectivity index (χ1n) is 7.74. The molecule has 0 saturated carbocycles. The smallest absolute Gasteiger partial charge is 0.374 e. The van der Waals surface area contributed by atoms with Crippen LogP contribution in [0, 0.1) is 5.82 Å². The second-order valence-electron chi connectivity index (χ2n) is 5.50. The third-order valence-corrected chi connectivity index (χ3v) is 4.35. The van der Waals surface area contributed by atoms with Gasteiger partial charge in [-0.2, -0.15) is 0 Å². The quantitative estimate of drug-likeness (QED) is 0.725. The van der Waals surface area contributed by atoms with Crippen molar-refractivity contribution >= 4 is 33.5 Å². The number of para-hydroxylation sites is 1. The third kappa shape index (κ3) is 4.19. The van der Waals surface area contributed by atoms with Gasteiger partial charge in [0.15, 0.2) is 11.3 Å². The predicted octanol–water partition coefficient (Wildman–Crippen LogP) is 2.69. The maximum atomic E-state index is 13.8. The van der Waals surface area contributed by atoms with Gasteiger partial charge in [-0.15, -0.1) is 0 Å². The molecule has 1 amide bonds. The highest BCUT2D eigenvalue weighted by Crippen LogP contribution is 2.20. The summed E-state index contributed by atoms with van der Waals surface area (Å²) >= 11 is 3.09. The van der Waals surface area contributed by atoms with Crippen LogP contribution >= 0.6 is 15.9 Å². The second kappa shape index (κ2) is 7.69. The van der Waals surface area contributed by atoms with E-state index in [2.05, 4.69) is 15.9 Å². The molecular formula is C17H16BrFN2O4. The van der Waals surface area contributed by atoms with Crippen LogP contribution in [0.15, 0.2) is 45.5 Å². The van der Waals surface area contributed by atoms with Gasteiger partial charge in [0, 0.05) is 26.2 Å². The highest BCUT2D eigenvalue weighted by Gasteiger charge is 2.24. The highest BCUT2D eigenvalue weighted by atomic mass is 79.9. The van der Waals surface area contributed by atoms with Crippen molar-refractivity contribution in [1.82, 2.24) is 4.90 Å². The molecule has 0 N–H and O–H groups in total. The molecule has 2 heterocycles. The molecule has 1 saturated heterocycles. The first-order chi connectivity index (χ1) is 12.0. The van der Waals surface area contributed by atoms with E-state index in [1.54, 1.807) is 29.2 Å². The number of furan rings is 1. The Kier molecular flexibility index (Phi) is 5.37. The molecule has 6 nitrogen and oxygen atoms in total. The van der Waals surface area contributed by atoms with Crippen molar-refractivity contribution in [2.24, 2.45) is 0 Å². The number of hydrogen-bond acceptors (Lipinski definition) is 5. The van der Waals surface area contributed by atoms with Crippen molar-refractivity contribution in [3.05, 3.63) is 52.6 Å². The zero-order valence-corrected chi connectivity index (χ0v) is 14.9. The molecule has 8 heteroatoms. The van der Waals surface area contributed by atoms with Crippen LogP contribution < -0.4 is 4.90 Å². The standard InChI is InChI=1S/C17H16BrFN2O4/c18-15-6-5-14(25-15)17(23)24-11-16(22)21-9-7-20(8-10-21)13-4-2-1-3-12(13)19/h1-6H,7-11H2. The molecule has 1 fully saturated rings. The van der Waals surface area contributed by atoms with E-state index in [0.717, 1.165) is 0 Å². The van der Waals surface area contributed by atoms with Gasteiger partial charge in [0.1, 0.15) is 5.82 Å². The molecule has 0 spiro atoms. The summed E-state index contributed by atoms with van der Waals surface area (Å²) < 4.78 is 24.3. The van der Waals surface area contributed by atoms with Gasteiger partial charge >= 0.3 is 5.97 Å². The number of benzene rings is 1. The molecule has 0 bridgehead atoms. The maximum absolute atomic E-state index is 13.8. The summed E-state index contributed by atoms with van der Waals surface area (Å²) in [5.41, 5.74) is 0.532. The molecule has 0 unspecified atom stereocenters. The normalized spacial score (nSPS) is 14.5. The topological polar surface area (TPSA) is 63.0 Å². The average Bonchev–Trinajstić information content (AvgIpc) is 3.06. The van der Waals surface area contributed by atoms with Crippen molar-refractivity contribution in [2.45, 2.75) is 0 Å². The lowest BCUT2D eigenvalue weighted by molar-refractivity contribution is -0.134. The number of nitrogens with zero attached hydrogens (tertiary/aromatic N) is 2. The number of rotatable bonds is 4. The molecule has 1 aromatic carbocycles. The van der Waals surface area contributed by atoms with E-state index >= 15 is 0 Å². The summed E-state index contributed by atoms with van der Waals surface area (Å²) in [6.45, 7) is 1.57. The molecule has 0 radical (unpaired) electrons. The molecule has 1 aliphatic rings. The molecule has 3 rings (SSSR count). The lowest BCUT2D eigenvalue weighted by Gasteiger charge is -2.36. The van der Waals surface area contributed by atoms with Gasteiger partial charge in [-0.3, -0.25) is 4.79 Å². The number of amides is 1. The first-order valence-corrected chi connectivity index (χ1v) is 8.53. The van der Waals surface area contributed by atoms with Crippen molar-refractivity contribution in [3.8, 4) is 0 Å². The summed E-state index contributed by atoms with van der Waals surface area (Å²) in [6.07, 6.45) is 0. The summed E-state index contributed by atoms with van der Waals surface area (Å²) in [4.78, 5) is 27.4. The summed E-state index contributed by atoms with van der Waals surface area (Å²) in [6, 6.07) is 9.59. The van der Waals surface area contributed by atoms with E-state index in [-0.39, 0.29) is 24.1 Å². The van der Waals surface area contributed by atoms with Crippen LogP contribution in [-0.4, -0.2) is 49.6 Å². The third-order valence-electron chi connectivity index (χ3n) is 3.93. The predicted molar refractivity (Wildman–Crippen MR) is 91.9 cm³/mol. The zero-order chi connectivity index (χ0) is 17.8. The molecule has 0 atom stereocenters. The Labute approximate surface area is 152 Å². The highest BCUT2D eigenvalue weighted by molar-refractivity contribution is 9.10. The van der Waals surface area contributed by atoms with Crippen molar-refractivity contribution < 1.29 is 23.1 Å². The van der Waals surface area contributed by atoms with Gasteiger partial charge in [0.05, 0.1) is 5.69 Å². The molecule has 2 aromatic rings. The molecule has 132 valence electrons. The monoisotopic (exact) mass is 410 g/mol. The Bertz CT molecular complexity index is 772. The van der Waals surface area contributed by atoms with Crippen molar-refractivity contribution in [2.75, 3.05) is 37.7 Å². The molecule has 1 aliphatic heterocycles. The Balaban J connectivity index is 1.48. The number of halogens is 2. The number of esters is 1. The second-order valence-corrected chi connectivity index (χ2v) is 6.28. The number of anilines is 1. The molecule has 0 aliphatic carbocycles. The van der Waals surface area contributed by atoms with Crippen LogP contribution in [0.2, 0.25) is 0 Å². The fourth-order valence-corrected chi connectivity index (χ4v) is 2.93. The number of piperazine rings is 1. The largest absolute Gasteiger partial charge is 0.450 e. The van der Waals surface area contributed by atoms with Gasteiger partial charge in [-0.05, 0) is 40.2 Å². The number of carbonyl (C=O) groups is 2. The van der Waals surface area contributed by atoms with Crippen molar-refractivity contribution in [1.29, 1.82) is 0 Å². The van der Waals surface area contributed by atoms with Gasteiger partial charge in [0.2, 0.25) is 5.76 Å². The average molecular weight is 411 g/mol. The fourth-order valence-electron chi connectivity index (χ4n) is 2.62.